The van der Waals surface area contributed by atoms with Gasteiger partial charge in [-0.3, -0.25) is 0 Å². The summed E-state index contributed by atoms with van der Waals surface area (Å²) in [5.41, 5.74) is 0. The van der Waals surface area contributed by atoms with Crippen LogP contribution in [0.3, 0.4) is 0 Å². The molecule has 5 heteroatoms. The van der Waals surface area contributed by atoms with E-state index < -0.39 is 0 Å². The van der Waals surface area contributed by atoms with Crippen LogP contribution in [0.5, 0.6) is 0 Å². The zero-order valence-corrected chi connectivity index (χ0v) is 13.5. The van der Waals surface area contributed by atoms with Gasteiger partial charge in [-0.15, -0.1) is 22.7 Å². The molecule has 0 aliphatic carbocycles. The smallest absolute Gasteiger partial charge is 0.0701 e. The Labute approximate surface area is 120 Å². The summed E-state index contributed by atoms with van der Waals surface area (Å²) in [4.78, 5) is 2.77. The molecule has 2 heterocycles. The summed E-state index contributed by atoms with van der Waals surface area (Å²) >= 11 is 10.6. The SMILES string of the molecule is CNC(Cc1ccc(Br)s1)c1ccc(Br)s1. The van der Waals surface area contributed by atoms with Gasteiger partial charge in [0, 0.05) is 22.2 Å². The van der Waals surface area contributed by atoms with E-state index in [9.17, 15) is 0 Å². The second-order valence-corrected chi connectivity index (χ2v) is 8.44. The van der Waals surface area contributed by atoms with Crippen molar-refractivity contribution in [1.82, 2.24) is 5.32 Å². The fraction of sp³-hybridized carbons (Fsp3) is 0.273. The molecule has 1 atom stereocenters. The highest BCUT2D eigenvalue weighted by Crippen LogP contribution is 2.31. The Kier molecular flexibility index (Phi) is 4.61. The molecule has 0 fully saturated rings. The van der Waals surface area contributed by atoms with Gasteiger partial charge >= 0.3 is 0 Å². The van der Waals surface area contributed by atoms with Crippen molar-refractivity contribution in [1.29, 1.82) is 0 Å². The van der Waals surface area contributed by atoms with Gasteiger partial charge in [-0.2, -0.15) is 0 Å². The monoisotopic (exact) mass is 379 g/mol. The van der Waals surface area contributed by atoms with Gasteiger partial charge in [0.2, 0.25) is 0 Å². The third kappa shape index (κ3) is 3.17. The molecule has 2 rings (SSSR count). The minimum absolute atomic E-state index is 0.404. The van der Waals surface area contributed by atoms with Gasteiger partial charge in [0.05, 0.1) is 7.57 Å². The molecule has 1 N–H and O–H groups in total. The lowest BCUT2D eigenvalue weighted by molar-refractivity contribution is 0.607. The number of likely N-dealkylation sites (N-methyl/N-ethyl adjacent to an activating group) is 1. The Morgan fingerprint density at radius 3 is 2.31 bits per heavy atom. The Balaban J connectivity index is 2.12. The Hall–Kier alpha value is 0.320. The van der Waals surface area contributed by atoms with Crippen molar-refractivity contribution < 1.29 is 0 Å². The maximum absolute atomic E-state index is 3.51. The Morgan fingerprint density at radius 2 is 1.81 bits per heavy atom. The topological polar surface area (TPSA) is 12.0 Å². The van der Waals surface area contributed by atoms with E-state index in [0.717, 1.165) is 6.42 Å². The van der Waals surface area contributed by atoms with Gasteiger partial charge in [0.1, 0.15) is 0 Å². The van der Waals surface area contributed by atoms with Gasteiger partial charge in [-0.05, 0) is 63.2 Å². The number of thiophene rings is 2. The highest BCUT2D eigenvalue weighted by Gasteiger charge is 2.13. The summed E-state index contributed by atoms with van der Waals surface area (Å²) < 4.78 is 2.39. The molecule has 0 spiro atoms. The minimum atomic E-state index is 0.404. The largest absolute Gasteiger partial charge is 0.312 e. The van der Waals surface area contributed by atoms with Crippen molar-refractivity contribution in [3.8, 4) is 0 Å². The van der Waals surface area contributed by atoms with E-state index in [1.807, 2.05) is 7.05 Å². The van der Waals surface area contributed by atoms with Gasteiger partial charge in [0.25, 0.3) is 0 Å². The van der Waals surface area contributed by atoms with Crippen LogP contribution in [-0.2, 0) is 6.42 Å². The fourth-order valence-corrected chi connectivity index (χ4v) is 4.59. The zero-order chi connectivity index (χ0) is 11.5. The summed E-state index contributed by atoms with van der Waals surface area (Å²) in [6.45, 7) is 0. The molecule has 1 nitrogen and oxygen atoms in total. The Morgan fingerprint density at radius 1 is 1.12 bits per heavy atom. The summed E-state index contributed by atoms with van der Waals surface area (Å²) in [7, 11) is 2.01. The number of rotatable bonds is 4. The van der Waals surface area contributed by atoms with Crippen LogP contribution in [0, 0.1) is 0 Å². The minimum Gasteiger partial charge on any atom is -0.312 e. The van der Waals surface area contributed by atoms with Crippen molar-refractivity contribution in [2.45, 2.75) is 12.5 Å². The van der Waals surface area contributed by atoms with E-state index in [-0.39, 0.29) is 0 Å². The first kappa shape index (κ1) is 12.8. The predicted octanol–water partition coefficient (Wildman–Crippen LogP) is 4.84. The van der Waals surface area contributed by atoms with Crippen LogP contribution in [0.25, 0.3) is 0 Å². The lowest BCUT2D eigenvalue weighted by atomic mass is 10.1. The van der Waals surface area contributed by atoms with Gasteiger partial charge in [-0.1, -0.05) is 0 Å². The number of halogens is 2. The van der Waals surface area contributed by atoms with Crippen LogP contribution in [0.15, 0.2) is 31.8 Å². The maximum Gasteiger partial charge on any atom is 0.0701 e. The van der Waals surface area contributed by atoms with Crippen LogP contribution in [0.4, 0.5) is 0 Å². The summed E-state index contributed by atoms with van der Waals surface area (Å²) in [5, 5.41) is 3.37. The molecule has 0 amide bonds. The molecule has 0 bridgehead atoms. The number of nitrogens with one attached hydrogen (secondary N) is 1. The molecule has 1 unspecified atom stereocenters. The van der Waals surface area contributed by atoms with Gasteiger partial charge in [0.15, 0.2) is 0 Å². The second-order valence-electron chi connectivity index (χ2n) is 3.39. The highest BCUT2D eigenvalue weighted by molar-refractivity contribution is 9.11. The molecule has 0 aliphatic heterocycles. The standard InChI is InChI=1S/C11H11Br2NS2/c1-14-8(9-3-5-11(13)16-9)6-7-2-4-10(12)15-7/h2-5,8,14H,6H2,1H3. The van der Waals surface area contributed by atoms with E-state index in [4.69, 9.17) is 0 Å². The predicted molar refractivity (Wildman–Crippen MR) is 79.5 cm³/mol. The average molecular weight is 381 g/mol. The van der Waals surface area contributed by atoms with Crippen LogP contribution < -0.4 is 5.32 Å². The van der Waals surface area contributed by atoms with Crippen molar-refractivity contribution in [3.63, 3.8) is 0 Å². The molecule has 0 saturated heterocycles. The normalized spacial score (nSPS) is 12.9. The van der Waals surface area contributed by atoms with Gasteiger partial charge in [-0.25, -0.2) is 0 Å². The van der Waals surface area contributed by atoms with Crippen LogP contribution in [-0.4, -0.2) is 7.05 Å². The Bertz CT molecular complexity index is 464. The summed E-state index contributed by atoms with van der Waals surface area (Å²) in [6, 6.07) is 8.98. The van der Waals surface area contributed by atoms with E-state index in [1.54, 1.807) is 22.7 Å². The van der Waals surface area contributed by atoms with E-state index in [0.29, 0.717) is 6.04 Å². The van der Waals surface area contributed by atoms with Crippen LogP contribution in [0.1, 0.15) is 15.8 Å². The molecule has 2 aromatic rings. The second kappa shape index (κ2) is 5.78. The quantitative estimate of drug-likeness (QED) is 0.800. The average Bonchev–Trinajstić information content (AvgIpc) is 2.84. The van der Waals surface area contributed by atoms with Crippen LogP contribution >= 0.6 is 54.5 Å². The zero-order valence-electron chi connectivity index (χ0n) is 8.67. The molecule has 0 aromatic carbocycles. The fourth-order valence-electron chi connectivity index (χ4n) is 1.52. The first-order chi connectivity index (χ1) is 7.69. The highest BCUT2D eigenvalue weighted by atomic mass is 79.9. The van der Waals surface area contributed by atoms with E-state index in [2.05, 4.69) is 61.4 Å². The molecule has 16 heavy (non-hydrogen) atoms. The first-order valence-electron chi connectivity index (χ1n) is 4.85. The number of hydrogen-bond acceptors (Lipinski definition) is 3. The first-order valence-corrected chi connectivity index (χ1v) is 8.07. The molecular weight excluding hydrogens is 370 g/mol. The number of hydrogen-bond donors (Lipinski definition) is 1. The molecule has 86 valence electrons. The maximum atomic E-state index is 3.51. The van der Waals surface area contributed by atoms with E-state index >= 15 is 0 Å². The van der Waals surface area contributed by atoms with E-state index in [1.165, 1.54) is 17.3 Å². The third-order valence-corrected chi connectivity index (χ3v) is 5.70. The molecular formula is C11H11Br2NS2. The van der Waals surface area contributed by atoms with Crippen molar-refractivity contribution in [3.05, 3.63) is 41.6 Å². The lowest BCUT2D eigenvalue weighted by Gasteiger charge is -2.12. The molecule has 0 radical (unpaired) electrons. The lowest BCUT2D eigenvalue weighted by Crippen LogP contribution is -2.17. The molecule has 0 aliphatic rings. The molecule has 2 aromatic heterocycles. The summed E-state index contributed by atoms with van der Waals surface area (Å²) in [6.07, 6.45) is 1.04. The van der Waals surface area contributed by atoms with Gasteiger partial charge < -0.3 is 5.32 Å². The van der Waals surface area contributed by atoms with Crippen LogP contribution in [0.2, 0.25) is 0 Å². The third-order valence-electron chi connectivity index (χ3n) is 2.32. The molecule has 0 saturated carbocycles. The van der Waals surface area contributed by atoms with Crippen molar-refractivity contribution in [2.24, 2.45) is 0 Å². The van der Waals surface area contributed by atoms with Crippen molar-refractivity contribution >= 4 is 54.5 Å². The summed E-state index contributed by atoms with van der Waals surface area (Å²) in [5.74, 6) is 0. The van der Waals surface area contributed by atoms with Crippen molar-refractivity contribution in [2.75, 3.05) is 7.05 Å².